The number of anilines is 2. The van der Waals surface area contributed by atoms with Crippen molar-refractivity contribution >= 4 is 23.2 Å². The number of carbonyl (C=O) groups excluding carboxylic acids is 2. The highest BCUT2D eigenvalue weighted by Gasteiger charge is 2.25. The van der Waals surface area contributed by atoms with E-state index in [-0.39, 0.29) is 11.8 Å². The summed E-state index contributed by atoms with van der Waals surface area (Å²) in [6.07, 6.45) is 2.32. The molecule has 3 aromatic carbocycles. The van der Waals surface area contributed by atoms with Gasteiger partial charge in [-0.15, -0.1) is 5.10 Å². The molecule has 0 atom stereocenters. The van der Waals surface area contributed by atoms with E-state index < -0.39 is 0 Å². The van der Waals surface area contributed by atoms with Gasteiger partial charge < -0.3 is 10.2 Å². The van der Waals surface area contributed by atoms with Crippen LogP contribution >= 0.6 is 0 Å². The number of rotatable bonds is 4. The largest absolute Gasteiger partial charge is 0.322 e. The fourth-order valence-corrected chi connectivity index (χ4v) is 3.67. The van der Waals surface area contributed by atoms with Crippen LogP contribution in [0.1, 0.15) is 26.3 Å². The maximum Gasteiger partial charge on any atom is 0.258 e. The summed E-state index contributed by atoms with van der Waals surface area (Å²) in [6.45, 7) is 0.675. The molecule has 2 amide bonds. The molecule has 0 saturated heterocycles. The molecule has 0 aliphatic carbocycles. The van der Waals surface area contributed by atoms with Crippen molar-refractivity contribution in [1.29, 1.82) is 0 Å². The number of nitrogens with one attached hydrogen (secondary N) is 1. The van der Waals surface area contributed by atoms with Gasteiger partial charge in [0, 0.05) is 29.0 Å². The first-order chi connectivity index (χ1) is 15.2. The Bertz CT molecular complexity index is 1250. The Morgan fingerprint density at radius 3 is 2.55 bits per heavy atom. The van der Waals surface area contributed by atoms with Crippen molar-refractivity contribution in [1.82, 2.24) is 20.2 Å². The van der Waals surface area contributed by atoms with Gasteiger partial charge in [0.05, 0.1) is 5.69 Å². The van der Waals surface area contributed by atoms with Crippen molar-refractivity contribution in [2.24, 2.45) is 0 Å². The number of aromatic nitrogens is 4. The molecule has 2 heterocycles. The summed E-state index contributed by atoms with van der Waals surface area (Å²) in [6, 6.07) is 21.9. The zero-order valence-corrected chi connectivity index (χ0v) is 16.5. The summed E-state index contributed by atoms with van der Waals surface area (Å²) in [5.74, 6) is -0.306. The lowest BCUT2D eigenvalue weighted by atomic mass is 10.1. The average Bonchev–Trinajstić information content (AvgIpc) is 3.50. The van der Waals surface area contributed by atoms with Crippen molar-refractivity contribution in [3.63, 3.8) is 0 Å². The van der Waals surface area contributed by atoms with Gasteiger partial charge in [-0.25, -0.2) is 4.68 Å². The Balaban J connectivity index is 1.29. The monoisotopic (exact) mass is 410 g/mol. The van der Waals surface area contributed by atoms with Crippen LogP contribution in [-0.4, -0.2) is 38.6 Å². The summed E-state index contributed by atoms with van der Waals surface area (Å²) < 4.78 is 1.48. The molecular formula is C23H18N6O2. The predicted octanol–water partition coefficient (Wildman–Crippen LogP) is 3.12. The zero-order valence-electron chi connectivity index (χ0n) is 16.5. The number of amides is 2. The van der Waals surface area contributed by atoms with E-state index in [9.17, 15) is 9.59 Å². The van der Waals surface area contributed by atoms with E-state index in [1.807, 2.05) is 24.3 Å². The number of fused-ring (bicyclic) bond motifs is 1. The van der Waals surface area contributed by atoms with Crippen molar-refractivity contribution in [3.8, 4) is 5.69 Å². The lowest BCUT2D eigenvalue weighted by Gasteiger charge is -2.17. The second-order valence-corrected chi connectivity index (χ2v) is 7.17. The molecule has 0 radical (unpaired) electrons. The van der Waals surface area contributed by atoms with Gasteiger partial charge in [0.15, 0.2) is 0 Å². The van der Waals surface area contributed by atoms with E-state index in [0.29, 0.717) is 29.0 Å². The lowest BCUT2D eigenvalue weighted by Crippen LogP contribution is -2.28. The molecule has 0 unspecified atom stereocenters. The van der Waals surface area contributed by atoms with Crippen LogP contribution in [0.25, 0.3) is 5.69 Å². The van der Waals surface area contributed by atoms with E-state index in [1.165, 1.54) is 16.6 Å². The van der Waals surface area contributed by atoms with Gasteiger partial charge in [0.2, 0.25) is 0 Å². The Hall–Kier alpha value is -4.33. The third-order valence-electron chi connectivity index (χ3n) is 5.24. The third-order valence-corrected chi connectivity index (χ3v) is 5.24. The highest BCUT2D eigenvalue weighted by molar-refractivity contribution is 6.08. The van der Waals surface area contributed by atoms with Crippen LogP contribution in [0.15, 0.2) is 79.1 Å². The highest BCUT2D eigenvalue weighted by Crippen LogP contribution is 2.29. The molecular weight excluding hydrogens is 392 g/mol. The van der Waals surface area contributed by atoms with Crippen LogP contribution in [0.3, 0.4) is 0 Å². The molecule has 0 fully saturated rings. The summed E-state index contributed by atoms with van der Waals surface area (Å²) in [5.41, 5.74) is 4.49. The van der Waals surface area contributed by atoms with Crippen LogP contribution in [0.2, 0.25) is 0 Å². The molecule has 8 nitrogen and oxygen atoms in total. The Labute approximate surface area is 178 Å². The smallest absolute Gasteiger partial charge is 0.258 e. The van der Waals surface area contributed by atoms with Crippen molar-refractivity contribution in [2.75, 3.05) is 16.8 Å². The van der Waals surface area contributed by atoms with E-state index in [2.05, 4.69) is 26.9 Å². The number of para-hydroxylation sites is 1. The molecule has 0 saturated carbocycles. The average molecular weight is 410 g/mol. The quantitative estimate of drug-likeness (QED) is 0.558. The number of benzene rings is 3. The van der Waals surface area contributed by atoms with Gasteiger partial charge >= 0.3 is 0 Å². The van der Waals surface area contributed by atoms with Crippen molar-refractivity contribution < 1.29 is 9.59 Å². The molecule has 31 heavy (non-hydrogen) atoms. The predicted molar refractivity (Wildman–Crippen MR) is 115 cm³/mol. The zero-order chi connectivity index (χ0) is 21.2. The van der Waals surface area contributed by atoms with Crippen molar-refractivity contribution in [2.45, 2.75) is 6.42 Å². The van der Waals surface area contributed by atoms with Gasteiger partial charge in [-0.2, -0.15) is 0 Å². The fraction of sp³-hybridized carbons (Fsp3) is 0.0870. The minimum atomic E-state index is -0.262. The van der Waals surface area contributed by atoms with Crippen LogP contribution in [0, 0.1) is 0 Å². The SMILES string of the molecule is O=C(Nc1ccc(C(=O)N2CCc3ccccc32)cc1)c1cccc(-n2cnnn2)c1. The second-order valence-electron chi connectivity index (χ2n) is 7.17. The van der Waals surface area contributed by atoms with Gasteiger partial charge in [-0.3, -0.25) is 9.59 Å². The first-order valence-corrected chi connectivity index (χ1v) is 9.84. The lowest BCUT2D eigenvalue weighted by molar-refractivity contribution is 0.0988. The maximum absolute atomic E-state index is 12.9. The minimum Gasteiger partial charge on any atom is -0.322 e. The van der Waals surface area contributed by atoms with Gasteiger partial charge in [-0.05, 0) is 70.9 Å². The molecule has 1 N–H and O–H groups in total. The van der Waals surface area contributed by atoms with Crippen LogP contribution in [0.5, 0.6) is 0 Å². The molecule has 1 aliphatic heterocycles. The number of nitrogens with zero attached hydrogens (tertiary/aromatic N) is 5. The molecule has 0 spiro atoms. The number of carbonyl (C=O) groups is 2. The second kappa shape index (κ2) is 7.83. The van der Waals surface area contributed by atoms with Gasteiger partial charge in [0.25, 0.3) is 11.8 Å². The molecule has 4 aromatic rings. The normalized spacial score (nSPS) is 12.5. The molecule has 8 heteroatoms. The van der Waals surface area contributed by atoms with Crippen LogP contribution in [0.4, 0.5) is 11.4 Å². The number of tetrazole rings is 1. The van der Waals surface area contributed by atoms with E-state index >= 15 is 0 Å². The molecule has 0 bridgehead atoms. The van der Waals surface area contributed by atoms with Crippen LogP contribution < -0.4 is 10.2 Å². The molecule has 1 aromatic heterocycles. The topological polar surface area (TPSA) is 93.0 Å². The van der Waals surface area contributed by atoms with Gasteiger partial charge in [-0.1, -0.05) is 24.3 Å². The first-order valence-electron chi connectivity index (χ1n) is 9.84. The minimum absolute atomic E-state index is 0.0445. The Morgan fingerprint density at radius 1 is 0.903 bits per heavy atom. The standard InChI is InChI=1S/C23H18N6O2/c30-22(18-5-3-6-20(14-18)29-15-24-26-27-29)25-19-10-8-17(9-11-19)23(31)28-13-12-16-4-1-2-7-21(16)28/h1-11,14-15H,12-13H2,(H,25,30). The fourth-order valence-electron chi connectivity index (χ4n) is 3.67. The highest BCUT2D eigenvalue weighted by atomic mass is 16.2. The Kier molecular flexibility index (Phi) is 4.72. The summed E-state index contributed by atoms with van der Waals surface area (Å²) in [7, 11) is 0. The third kappa shape index (κ3) is 3.66. The van der Waals surface area contributed by atoms with Crippen LogP contribution in [-0.2, 0) is 6.42 Å². The molecule has 1 aliphatic rings. The van der Waals surface area contributed by atoms with E-state index in [1.54, 1.807) is 47.4 Å². The summed E-state index contributed by atoms with van der Waals surface area (Å²) in [5, 5.41) is 13.9. The summed E-state index contributed by atoms with van der Waals surface area (Å²) >= 11 is 0. The molecule has 152 valence electrons. The van der Waals surface area contributed by atoms with E-state index in [0.717, 1.165) is 12.1 Å². The van der Waals surface area contributed by atoms with Gasteiger partial charge in [0.1, 0.15) is 6.33 Å². The number of hydrogen-bond donors (Lipinski definition) is 1. The van der Waals surface area contributed by atoms with E-state index in [4.69, 9.17) is 0 Å². The van der Waals surface area contributed by atoms with Crippen molar-refractivity contribution in [3.05, 3.63) is 95.8 Å². The number of hydrogen-bond acceptors (Lipinski definition) is 5. The Morgan fingerprint density at radius 2 is 1.74 bits per heavy atom. The first kappa shape index (κ1) is 18.7. The maximum atomic E-state index is 12.9. The summed E-state index contributed by atoms with van der Waals surface area (Å²) in [4.78, 5) is 27.4. The molecule has 5 rings (SSSR count).